The van der Waals surface area contributed by atoms with Crippen LogP contribution in [0, 0.1) is 23.7 Å². The van der Waals surface area contributed by atoms with Crippen LogP contribution in [0.4, 0.5) is 5.82 Å². The summed E-state index contributed by atoms with van der Waals surface area (Å²) in [6, 6.07) is 2.98. The highest BCUT2D eigenvalue weighted by atomic mass is 35.5. The van der Waals surface area contributed by atoms with Crippen molar-refractivity contribution >= 4 is 29.1 Å². The average molecular weight is 493 g/mol. The Morgan fingerprint density at radius 3 is 2.26 bits per heavy atom. The van der Waals surface area contributed by atoms with E-state index in [1.54, 1.807) is 26.2 Å². The summed E-state index contributed by atoms with van der Waals surface area (Å²) in [6.45, 7) is 10.3. The summed E-state index contributed by atoms with van der Waals surface area (Å²) in [4.78, 5) is 34.5. The van der Waals surface area contributed by atoms with E-state index in [-0.39, 0.29) is 28.7 Å². The van der Waals surface area contributed by atoms with Crippen molar-refractivity contribution in [2.24, 2.45) is 23.7 Å². The minimum atomic E-state index is -1.43. The minimum absolute atomic E-state index is 0.130. The van der Waals surface area contributed by atoms with Crippen LogP contribution >= 0.6 is 11.6 Å². The second kappa shape index (κ2) is 10.9. The predicted octanol–water partition coefficient (Wildman–Crippen LogP) is 3.63. The molecule has 0 bridgehead atoms. The van der Waals surface area contributed by atoms with Gasteiger partial charge in [0.1, 0.15) is 16.6 Å². The average Bonchev–Trinajstić information content (AvgIpc) is 2.82. The maximum Gasteiger partial charge on any atom is 0.256 e. The van der Waals surface area contributed by atoms with Crippen molar-refractivity contribution in [3.05, 3.63) is 22.8 Å². The van der Waals surface area contributed by atoms with E-state index in [9.17, 15) is 14.7 Å². The van der Waals surface area contributed by atoms with Gasteiger partial charge < -0.3 is 20.2 Å². The SMILES string of the molecule is CC(C)C(O)(C(=O)C1CC(C2CCNCC2)CCN1c1ccc(C(=O)N(C)C)c(Cl)n1)C(C)C. The van der Waals surface area contributed by atoms with Gasteiger partial charge in [-0.2, -0.15) is 0 Å². The van der Waals surface area contributed by atoms with Crippen molar-refractivity contribution in [2.75, 3.05) is 38.6 Å². The number of rotatable bonds is 7. The third-order valence-corrected chi connectivity index (χ3v) is 8.20. The van der Waals surface area contributed by atoms with Crippen LogP contribution in [0.5, 0.6) is 0 Å². The Bertz CT molecular complexity index is 875. The van der Waals surface area contributed by atoms with Crippen LogP contribution in [-0.4, -0.2) is 72.1 Å². The minimum Gasteiger partial charge on any atom is -0.381 e. The molecule has 0 saturated carbocycles. The number of halogens is 1. The molecule has 190 valence electrons. The first-order valence-electron chi connectivity index (χ1n) is 12.6. The molecule has 0 aromatic carbocycles. The molecule has 0 spiro atoms. The van der Waals surface area contributed by atoms with Crippen LogP contribution in [0.15, 0.2) is 12.1 Å². The van der Waals surface area contributed by atoms with E-state index in [0.717, 1.165) is 32.4 Å². The van der Waals surface area contributed by atoms with E-state index in [2.05, 4.69) is 10.3 Å². The first-order valence-corrected chi connectivity index (χ1v) is 13.0. The molecule has 2 saturated heterocycles. The number of Topliss-reactive ketones (excluding diaryl/α,β-unsaturated/α-hetero) is 1. The molecule has 3 rings (SSSR count). The van der Waals surface area contributed by atoms with Gasteiger partial charge in [0.25, 0.3) is 5.91 Å². The van der Waals surface area contributed by atoms with Gasteiger partial charge in [-0.3, -0.25) is 9.59 Å². The van der Waals surface area contributed by atoms with Crippen LogP contribution in [-0.2, 0) is 4.79 Å². The largest absolute Gasteiger partial charge is 0.381 e. The number of amides is 1. The van der Waals surface area contributed by atoms with Gasteiger partial charge in [-0.1, -0.05) is 39.3 Å². The number of carbonyl (C=O) groups excluding carboxylic acids is 2. The summed E-state index contributed by atoms with van der Waals surface area (Å²) in [5.41, 5.74) is -1.09. The number of pyridine rings is 1. The third kappa shape index (κ3) is 5.26. The molecule has 2 N–H and O–H groups in total. The molecule has 3 heterocycles. The highest BCUT2D eigenvalue weighted by molar-refractivity contribution is 6.32. The van der Waals surface area contributed by atoms with E-state index in [0.29, 0.717) is 36.2 Å². The Kier molecular flexibility index (Phi) is 8.64. The number of hydrogen-bond acceptors (Lipinski definition) is 6. The first kappa shape index (κ1) is 26.9. The van der Waals surface area contributed by atoms with Crippen LogP contribution < -0.4 is 10.2 Å². The van der Waals surface area contributed by atoms with Crippen LogP contribution in [0.25, 0.3) is 0 Å². The number of carbonyl (C=O) groups is 2. The Morgan fingerprint density at radius 1 is 1.12 bits per heavy atom. The lowest BCUT2D eigenvalue weighted by molar-refractivity contribution is -0.150. The standard InChI is InChI=1S/C26H41ClN4O3/c1-16(2)26(34,17(3)4)23(32)21-15-19(18-9-12-28-13-10-18)11-14-31(21)22-8-7-20(24(27)29-22)25(33)30(5)6/h7-8,16-19,21,28,34H,9-15H2,1-6H3. The number of hydrogen-bond donors (Lipinski definition) is 2. The molecule has 2 unspecified atom stereocenters. The molecule has 2 atom stereocenters. The number of piperidine rings is 2. The van der Waals surface area contributed by atoms with Gasteiger partial charge in [0, 0.05) is 20.6 Å². The smallest absolute Gasteiger partial charge is 0.256 e. The number of nitrogens with one attached hydrogen (secondary N) is 1. The van der Waals surface area contributed by atoms with Crippen molar-refractivity contribution in [3.8, 4) is 0 Å². The molecule has 8 heteroatoms. The predicted molar refractivity (Wildman–Crippen MR) is 136 cm³/mol. The van der Waals surface area contributed by atoms with Gasteiger partial charge in [0.05, 0.1) is 11.6 Å². The molecular formula is C26H41ClN4O3. The fourth-order valence-corrected chi connectivity index (χ4v) is 5.98. The van der Waals surface area contributed by atoms with E-state index in [4.69, 9.17) is 11.6 Å². The molecule has 0 aliphatic carbocycles. The molecule has 1 amide bonds. The van der Waals surface area contributed by atoms with Crippen molar-refractivity contribution in [1.29, 1.82) is 0 Å². The van der Waals surface area contributed by atoms with Gasteiger partial charge in [0.15, 0.2) is 5.78 Å². The number of aliphatic hydroxyl groups is 1. The van der Waals surface area contributed by atoms with E-state index < -0.39 is 11.6 Å². The molecule has 1 aromatic rings. The quantitative estimate of drug-likeness (QED) is 0.565. The van der Waals surface area contributed by atoms with E-state index in [1.807, 2.05) is 32.6 Å². The van der Waals surface area contributed by atoms with Crippen molar-refractivity contribution in [1.82, 2.24) is 15.2 Å². The van der Waals surface area contributed by atoms with Gasteiger partial charge >= 0.3 is 0 Å². The molecule has 2 aliphatic heterocycles. The lowest BCUT2D eigenvalue weighted by Crippen LogP contribution is -2.60. The summed E-state index contributed by atoms with van der Waals surface area (Å²) in [6.07, 6.45) is 3.90. The molecule has 2 aliphatic rings. The Morgan fingerprint density at radius 2 is 1.74 bits per heavy atom. The maximum absolute atomic E-state index is 14.0. The summed E-state index contributed by atoms with van der Waals surface area (Å²) in [7, 11) is 3.34. The fourth-order valence-electron chi connectivity index (χ4n) is 5.75. The summed E-state index contributed by atoms with van der Waals surface area (Å²) < 4.78 is 0. The number of aromatic nitrogens is 1. The Labute approximate surface area is 209 Å². The van der Waals surface area contributed by atoms with E-state index >= 15 is 0 Å². The Hall–Kier alpha value is -1.70. The molecule has 7 nitrogen and oxygen atoms in total. The number of ketones is 1. The Balaban J connectivity index is 1.97. The van der Waals surface area contributed by atoms with Gasteiger partial charge in [-0.25, -0.2) is 4.98 Å². The van der Waals surface area contributed by atoms with Gasteiger partial charge in [-0.15, -0.1) is 0 Å². The molecule has 0 radical (unpaired) electrons. The lowest BCUT2D eigenvalue weighted by atomic mass is 9.70. The van der Waals surface area contributed by atoms with Crippen LogP contribution in [0.1, 0.15) is 63.7 Å². The summed E-state index contributed by atoms with van der Waals surface area (Å²) in [5, 5.41) is 15.2. The molecule has 2 fully saturated rings. The highest BCUT2D eigenvalue weighted by Crippen LogP contribution is 2.39. The van der Waals surface area contributed by atoms with Crippen molar-refractivity contribution < 1.29 is 14.7 Å². The zero-order chi connectivity index (χ0) is 25.2. The normalized spacial score (nSPS) is 22.4. The summed E-state index contributed by atoms with van der Waals surface area (Å²) in [5.74, 6) is 0.827. The first-order chi connectivity index (χ1) is 16.0. The van der Waals surface area contributed by atoms with Crippen LogP contribution in [0.3, 0.4) is 0 Å². The maximum atomic E-state index is 14.0. The second-order valence-electron chi connectivity index (χ2n) is 10.8. The van der Waals surface area contributed by atoms with Crippen LogP contribution in [0.2, 0.25) is 5.15 Å². The molecule has 1 aromatic heterocycles. The highest BCUT2D eigenvalue weighted by Gasteiger charge is 2.49. The zero-order valence-corrected chi connectivity index (χ0v) is 22.2. The third-order valence-electron chi connectivity index (χ3n) is 7.92. The number of nitrogens with zero attached hydrogens (tertiary/aromatic N) is 3. The topological polar surface area (TPSA) is 85.8 Å². The van der Waals surface area contributed by atoms with Gasteiger partial charge in [-0.05, 0) is 74.6 Å². The molecular weight excluding hydrogens is 452 g/mol. The van der Waals surface area contributed by atoms with Gasteiger partial charge in [0.2, 0.25) is 0 Å². The monoisotopic (exact) mass is 492 g/mol. The lowest BCUT2D eigenvalue weighted by Gasteiger charge is -2.46. The van der Waals surface area contributed by atoms with Crippen molar-refractivity contribution in [2.45, 2.75) is 65.0 Å². The summed E-state index contributed by atoms with van der Waals surface area (Å²) >= 11 is 6.43. The van der Waals surface area contributed by atoms with E-state index in [1.165, 1.54) is 4.90 Å². The second-order valence-corrected chi connectivity index (χ2v) is 11.1. The van der Waals surface area contributed by atoms with Crippen molar-refractivity contribution in [3.63, 3.8) is 0 Å². The fraction of sp³-hybridized carbons (Fsp3) is 0.731. The number of anilines is 1. The zero-order valence-electron chi connectivity index (χ0n) is 21.5. The molecule has 34 heavy (non-hydrogen) atoms.